The number of H-pyrrole nitrogens is 1. The van der Waals surface area contributed by atoms with E-state index in [-0.39, 0.29) is 5.97 Å². The summed E-state index contributed by atoms with van der Waals surface area (Å²) in [5, 5.41) is 0. The van der Waals surface area contributed by atoms with Gasteiger partial charge in [-0.2, -0.15) is 0 Å². The lowest BCUT2D eigenvalue weighted by molar-refractivity contribution is -0.678. The molecule has 0 radical (unpaired) electrons. The van der Waals surface area contributed by atoms with Crippen molar-refractivity contribution in [3.8, 4) is 0 Å². The third-order valence-corrected chi connectivity index (χ3v) is 2.07. The number of hydrogen-bond acceptors (Lipinski definition) is 2. The molecule has 1 heterocycles. The fourth-order valence-electron chi connectivity index (χ4n) is 1.06. The van der Waals surface area contributed by atoms with Gasteiger partial charge in [0.05, 0.1) is 14.2 Å². The Balaban J connectivity index is 3.17. The molecule has 1 rings (SSSR count). The van der Waals surface area contributed by atoms with Crippen molar-refractivity contribution in [3.05, 3.63) is 17.2 Å². The van der Waals surface area contributed by atoms with Crippen LogP contribution in [-0.2, 0) is 11.8 Å². The minimum Gasteiger partial charge on any atom is -0.460 e. The number of aromatic amines is 1. The number of imidazole rings is 1. The second kappa shape index (κ2) is 2.97. The average molecular weight is 169 g/mol. The normalized spacial score (nSPS) is 10.0. The van der Waals surface area contributed by atoms with Gasteiger partial charge in [0.1, 0.15) is 11.4 Å². The summed E-state index contributed by atoms with van der Waals surface area (Å²) in [6.07, 6.45) is 0. The zero-order valence-corrected chi connectivity index (χ0v) is 7.76. The van der Waals surface area contributed by atoms with E-state index < -0.39 is 0 Å². The van der Waals surface area contributed by atoms with Crippen LogP contribution < -0.4 is 4.57 Å². The molecule has 0 fully saturated rings. The van der Waals surface area contributed by atoms with Crippen LogP contribution in [0, 0.1) is 13.8 Å². The van der Waals surface area contributed by atoms with Gasteiger partial charge in [0.15, 0.2) is 0 Å². The maximum atomic E-state index is 11.1. The molecule has 0 aromatic carbocycles. The molecule has 0 atom stereocenters. The third-order valence-electron chi connectivity index (χ3n) is 2.07. The van der Waals surface area contributed by atoms with Crippen molar-refractivity contribution in [1.82, 2.24) is 4.98 Å². The molecule has 0 aliphatic heterocycles. The molecule has 0 bridgehead atoms. The van der Waals surface area contributed by atoms with E-state index in [4.69, 9.17) is 0 Å². The number of ether oxygens (including phenoxy) is 1. The van der Waals surface area contributed by atoms with E-state index in [1.807, 2.05) is 20.9 Å². The molecule has 1 N–H and O–H groups in total. The zero-order valence-electron chi connectivity index (χ0n) is 7.76. The van der Waals surface area contributed by atoms with Crippen molar-refractivity contribution >= 4 is 5.97 Å². The number of aryl methyl sites for hydroxylation is 1. The van der Waals surface area contributed by atoms with Crippen LogP contribution in [0.4, 0.5) is 0 Å². The lowest BCUT2D eigenvalue weighted by atomic mass is 10.4. The van der Waals surface area contributed by atoms with Crippen molar-refractivity contribution in [2.24, 2.45) is 7.05 Å². The molecule has 1 aromatic heterocycles. The highest BCUT2D eigenvalue weighted by molar-refractivity contribution is 5.83. The molecule has 0 amide bonds. The molecule has 4 nitrogen and oxygen atoms in total. The summed E-state index contributed by atoms with van der Waals surface area (Å²) in [5.41, 5.74) is 2.02. The van der Waals surface area contributed by atoms with Crippen LogP contribution in [-0.4, -0.2) is 18.1 Å². The molecule has 1 aromatic rings. The summed E-state index contributed by atoms with van der Waals surface area (Å²) >= 11 is 0. The molecule has 66 valence electrons. The molecule has 0 aliphatic rings. The highest BCUT2D eigenvalue weighted by Gasteiger charge is 2.23. The highest BCUT2D eigenvalue weighted by Crippen LogP contribution is 2.00. The van der Waals surface area contributed by atoms with E-state index in [1.165, 1.54) is 7.11 Å². The minimum absolute atomic E-state index is 0.339. The minimum atomic E-state index is -0.339. The van der Waals surface area contributed by atoms with E-state index in [2.05, 4.69) is 9.72 Å². The number of carbonyl (C=O) groups excluding carboxylic acids is 1. The van der Waals surface area contributed by atoms with Crippen molar-refractivity contribution in [2.75, 3.05) is 7.11 Å². The van der Waals surface area contributed by atoms with Crippen LogP contribution >= 0.6 is 0 Å². The SMILES string of the molecule is COC(=O)c1[nH]c(C)c(C)[n+]1C. The second-order valence-corrected chi connectivity index (χ2v) is 2.73. The largest absolute Gasteiger partial charge is 0.460 e. The Morgan fingerprint density at radius 1 is 1.50 bits per heavy atom. The molecule has 0 saturated heterocycles. The Hall–Kier alpha value is -1.32. The second-order valence-electron chi connectivity index (χ2n) is 2.73. The number of hydrogen-bond donors (Lipinski definition) is 1. The first-order valence-corrected chi connectivity index (χ1v) is 3.71. The predicted octanol–water partition coefficient (Wildman–Crippen LogP) is 0.243. The number of methoxy groups -OCH3 is 1. The lowest BCUT2D eigenvalue weighted by Gasteiger charge is -1.92. The van der Waals surface area contributed by atoms with Crippen LogP contribution in [0.3, 0.4) is 0 Å². The number of aromatic nitrogens is 2. The van der Waals surface area contributed by atoms with Crippen molar-refractivity contribution in [2.45, 2.75) is 13.8 Å². The Morgan fingerprint density at radius 3 is 2.42 bits per heavy atom. The van der Waals surface area contributed by atoms with Crippen molar-refractivity contribution in [3.63, 3.8) is 0 Å². The molecule has 4 heteroatoms. The van der Waals surface area contributed by atoms with Gasteiger partial charge in [0.25, 0.3) is 0 Å². The molecular weight excluding hydrogens is 156 g/mol. The molecule has 0 unspecified atom stereocenters. The molecule has 0 aliphatic carbocycles. The standard InChI is InChI=1S/C8H12N2O2/c1-5-6(2)10(3)7(9-5)8(11)12-4/h1-4H3/p+1. The quantitative estimate of drug-likeness (QED) is 0.483. The monoisotopic (exact) mass is 169 g/mol. The summed E-state index contributed by atoms with van der Waals surface area (Å²) < 4.78 is 6.37. The molecule has 0 saturated carbocycles. The van der Waals surface area contributed by atoms with Crippen molar-refractivity contribution in [1.29, 1.82) is 0 Å². The fourth-order valence-corrected chi connectivity index (χ4v) is 1.06. The van der Waals surface area contributed by atoms with Gasteiger partial charge in [0, 0.05) is 13.8 Å². The van der Waals surface area contributed by atoms with Crippen LogP contribution in [0.1, 0.15) is 22.0 Å². The summed E-state index contributed by atoms with van der Waals surface area (Å²) in [4.78, 5) is 14.1. The number of carbonyl (C=O) groups is 1. The number of esters is 1. The fraction of sp³-hybridized carbons (Fsp3) is 0.500. The lowest BCUT2D eigenvalue weighted by Crippen LogP contribution is -2.37. The van der Waals surface area contributed by atoms with Gasteiger partial charge in [-0.25, -0.2) is 14.3 Å². The van der Waals surface area contributed by atoms with E-state index in [0.29, 0.717) is 5.82 Å². The number of rotatable bonds is 1. The first kappa shape index (κ1) is 8.77. The van der Waals surface area contributed by atoms with Crippen molar-refractivity contribution < 1.29 is 14.1 Å². The Labute approximate surface area is 71.2 Å². The van der Waals surface area contributed by atoms with E-state index in [9.17, 15) is 4.79 Å². The molecule has 12 heavy (non-hydrogen) atoms. The third kappa shape index (κ3) is 1.20. The van der Waals surface area contributed by atoms with Crippen LogP contribution in [0.15, 0.2) is 0 Å². The maximum Gasteiger partial charge on any atom is 0.421 e. The topological polar surface area (TPSA) is 46.0 Å². The predicted molar refractivity (Wildman–Crippen MR) is 42.8 cm³/mol. The Bertz CT molecular complexity index is 315. The van der Waals surface area contributed by atoms with Gasteiger partial charge in [-0.15, -0.1) is 0 Å². The van der Waals surface area contributed by atoms with Gasteiger partial charge < -0.3 is 4.74 Å². The smallest absolute Gasteiger partial charge is 0.421 e. The van der Waals surface area contributed by atoms with E-state index >= 15 is 0 Å². The maximum absolute atomic E-state index is 11.1. The van der Waals surface area contributed by atoms with Crippen LogP contribution in [0.2, 0.25) is 0 Å². The van der Waals surface area contributed by atoms with Crippen LogP contribution in [0.25, 0.3) is 0 Å². The average Bonchev–Trinajstić information content (AvgIpc) is 2.32. The summed E-state index contributed by atoms with van der Waals surface area (Å²) in [5.74, 6) is 0.140. The van der Waals surface area contributed by atoms with Gasteiger partial charge in [-0.05, 0) is 0 Å². The Kier molecular flexibility index (Phi) is 2.17. The van der Waals surface area contributed by atoms with E-state index in [0.717, 1.165) is 11.4 Å². The Morgan fingerprint density at radius 2 is 2.08 bits per heavy atom. The highest BCUT2D eigenvalue weighted by atomic mass is 16.5. The number of nitrogens with zero attached hydrogens (tertiary/aromatic N) is 1. The van der Waals surface area contributed by atoms with Gasteiger partial charge in [0.2, 0.25) is 0 Å². The van der Waals surface area contributed by atoms with Gasteiger partial charge >= 0.3 is 11.8 Å². The number of nitrogens with one attached hydrogen (secondary N) is 1. The van der Waals surface area contributed by atoms with E-state index in [1.54, 1.807) is 4.57 Å². The summed E-state index contributed by atoms with van der Waals surface area (Å²) in [6, 6.07) is 0. The molecule has 0 spiro atoms. The summed E-state index contributed by atoms with van der Waals surface area (Å²) in [7, 11) is 3.19. The van der Waals surface area contributed by atoms with Gasteiger partial charge in [-0.1, -0.05) is 0 Å². The first-order chi connectivity index (χ1) is 5.57. The van der Waals surface area contributed by atoms with Crippen LogP contribution in [0.5, 0.6) is 0 Å². The summed E-state index contributed by atoms with van der Waals surface area (Å²) in [6.45, 7) is 3.86. The zero-order chi connectivity index (χ0) is 9.30. The first-order valence-electron chi connectivity index (χ1n) is 3.71. The van der Waals surface area contributed by atoms with Gasteiger partial charge in [-0.3, -0.25) is 0 Å². The molecular formula is C8H13N2O2+.